The lowest BCUT2D eigenvalue weighted by molar-refractivity contribution is -0.126. The Labute approximate surface area is 222 Å². The third kappa shape index (κ3) is 5.23. The lowest BCUT2D eigenvalue weighted by atomic mass is 10.1. The van der Waals surface area contributed by atoms with Gasteiger partial charge in [-0.3, -0.25) is 9.59 Å². The van der Waals surface area contributed by atoms with E-state index < -0.39 is 5.91 Å². The molecule has 0 atom stereocenters. The maximum Gasteiger partial charge on any atom is 0.270 e. The van der Waals surface area contributed by atoms with Gasteiger partial charge in [-0.2, -0.15) is 5.10 Å². The van der Waals surface area contributed by atoms with E-state index in [-0.39, 0.29) is 22.2 Å². The predicted octanol–water partition coefficient (Wildman–Crippen LogP) is 6.30. The Hall–Kier alpha value is -3.39. The van der Waals surface area contributed by atoms with Crippen LogP contribution in [0.25, 0.3) is 22.3 Å². The first-order valence-corrected chi connectivity index (χ1v) is 13.1. The fourth-order valence-corrected chi connectivity index (χ4v) is 5.30. The van der Waals surface area contributed by atoms with Crippen LogP contribution in [-0.2, 0) is 4.79 Å². The summed E-state index contributed by atoms with van der Waals surface area (Å²) in [6, 6.07) is 18.3. The average molecular weight is 537 g/mol. The molecule has 0 spiro atoms. The predicted molar refractivity (Wildman–Crippen MR) is 145 cm³/mol. The van der Waals surface area contributed by atoms with E-state index >= 15 is 0 Å². The minimum Gasteiger partial charge on any atom is -0.337 e. The van der Waals surface area contributed by atoms with Crippen LogP contribution in [0.2, 0.25) is 10.0 Å². The smallest absolute Gasteiger partial charge is 0.270 e. The lowest BCUT2D eigenvalue weighted by Crippen LogP contribution is -2.36. The first-order chi connectivity index (χ1) is 17.5. The van der Waals surface area contributed by atoms with Crippen LogP contribution in [0.1, 0.15) is 28.8 Å². The summed E-state index contributed by atoms with van der Waals surface area (Å²) in [4.78, 5) is 29.4. The summed E-state index contributed by atoms with van der Waals surface area (Å²) in [7, 11) is 0. The molecule has 3 heterocycles. The third-order valence-corrected chi connectivity index (χ3v) is 7.29. The van der Waals surface area contributed by atoms with Gasteiger partial charge < -0.3 is 10.2 Å². The van der Waals surface area contributed by atoms with Crippen LogP contribution >= 0.6 is 34.5 Å². The molecule has 2 amide bonds. The normalized spacial score (nSPS) is 13.7. The van der Waals surface area contributed by atoms with Crippen molar-refractivity contribution in [2.75, 3.05) is 13.1 Å². The number of halogens is 2. The number of nitrogens with zero attached hydrogens (tertiary/aromatic N) is 3. The summed E-state index contributed by atoms with van der Waals surface area (Å²) in [5, 5.41) is 10.2. The molecule has 4 aromatic rings. The summed E-state index contributed by atoms with van der Waals surface area (Å²) >= 11 is 13.8. The summed E-state index contributed by atoms with van der Waals surface area (Å²) in [6.45, 7) is 1.30. The second kappa shape index (κ2) is 10.7. The number of amides is 2. The van der Waals surface area contributed by atoms with E-state index in [1.807, 2.05) is 54.0 Å². The fraction of sp³-hybridized carbons (Fsp3) is 0.148. The highest BCUT2D eigenvalue weighted by atomic mass is 35.5. The molecule has 5 rings (SSSR count). The van der Waals surface area contributed by atoms with Crippen LogP contribution in [-0.4, -0.2) is 39.6 Å². The van der Waals surface area contributed by atoms with Crippen molar-refractivity contribution in [3.63, 3.8) is 0 Å². The summed E-state index contributed by atoms with van der Waals surface area (Å²) in [6.07, 6.45) is 5.43. The largest absolute Gasteiger partial charge is 0.337 e. The van der Waals surface area contributed by atoms with E-state index in [0.717, 1.165) is 29.1 Å². The number of benzene rings is 2. The number of rotatable bonds is 6. The maximum absolute atomic E-state index is 13.5. The van der Waals surface area contributed by atoms with E-state index in [1.54, 1.807) is 39.1 Å². The van der Waals surface area contributed by atoms with Gasteiger partial charge in [0.2, 0.25) is 0 Å². The second-order valence-electron chi connectivity index (χ2n) is 8.33. The number of aromatic nitrogens is 2. The molecular formula is C27H22Cl2N4O2S. The standard InChI is InChI=1S/C27H22Cl2N4O2S/c28-19-10-11-21(22(29)16-19)26(34)30-23(27(35)32-12-4-5-13-32)15-18-17-33(20-7-2-1-3-8-20)31-25(18)24-9-6-14-36-24/h1-3,6-11,14-17H,4-5,12-13H2,(H,30,34). The van der Waals surface area contributed by atoms with Gasteiger partial charge in [-0.25, -0.2) is 4.68 Å². The van der Waals surface area contributed by atoms with Crippen molar-refractivity contribution in [1.29, 1.82) is 0 Å². The number of hydrogen-bond donors (Lipinski definition) is 1. The van der Waals surface area contributed by atoms with Crippen molar-refractivity contribution in [2.45, 2.75) is 12.8 Å². The minimum absolute atomic E-state index is 0.165. The molecule has 9 heteroatoms. The van der Waals surface area contributed by atoms with Crippen LogP contribution in [0.5, 0.6) is 0 Å². The molecule has 1 aliphatic heterocycles. The highest BCUT2D eigenvalue weighted by Gasteiger charge is 2.25. The molecule has 2 aromatic carbocycles. The first-order valence-electron chi connectivity index (χ1n) is 11.5. The number of carbonyl (C=O) groups excluding carboxylic acids is 2. The zero-order valence-corrected chi connectivity index (χ0v) is 21.5. The van der Waals surface area contributed by atoms with Gasteiger partial charge in [0.05, 0.1) is 21.2 Å². The lowest BCUT2D eigenvalue weighted by Gasteiger charge is -2.18. The van der Waals surface area contributed by atoms with Crippen LogP contribution in [0.4, 0.5) is 0 Å². The molecule has 1 N–H and O–H groups in total. The van der Waals surface area contributed by atoms with Gasteiger partial charge in [0.25, 0.3) is 11.8 Å². The van der Waals surface area contributed by atoms with Gasteiger partial charge in [-0.15, -0.1) is 11.3 Å². The zero-order valence-electron chi connectivity index (χ0n) is 19.2. The molecular weight excluding hydrogens is 515 g/mol. The molecule has 1 aliphatic rings. The molecule has 0 bridgehead atoms. The molecule has 36 heavy (non-hydrogen) atoms. The summed E-state index contributed by atoms with van der Waals surface area (Å²) < 4.78 is 1.77. The number of thiophene rings is 1. The Bertz CT molecular complexity index is 1430. The van der Waals surface area contributed by atoms with Crippen molar-refractivity contribution < 1.29 is 9.59 Å². The maximum atomic E-state index is 13.5. The Kier molecular flexibility index (Phi) is 7.23. The molecule has 1 saturated heterocycles. The molecule has 0 aliphatic carbocycles. The van der Waals surface area contributed by atoms with E-state index in [1.165, 1.54) is 6.07 Å². The number of likely N-dealkylation sites (tertiary alicyclic amines) is 1. The zero-order chi connectivity index (χ0) is 25.1. The van der Waals surface area contributed by atoms with Gasteiger partial charge in [-0.1, -0.05) is 47.5 Å². The Morgan fingerprint density at radius 3 is 2.47 bits per heavy atom. The molecule has 2 aromatic heterocycles. The number of hydrogen-bond acceptors (Lipinski definition) is 4. The average Bonchev–Trinajstić information content (AvgIpc) is 3.66. The second-order valence-corrected chi connectivity index (χ2v) is 10.1. The van der Waals surface area contributed by atoms with Crippen molar-refractivity contribution in [1.82, 2.24) is 20.0 Å². The topological polar surface area (TPSA) is 67.2 Å². The number of nitrogens with one attached hydrogen (secondary N) is 1. The van der Waals surface area contributed by atoms with Crippen LogP contribution < -0.4 is 5.32 Å². The monoisotopic (exact) mass is 536 g/mol. The fourth-order valence-electron chi connectivity index (χ4n) is 4.07. The number of para-hydroxylation sites is 1. The molecule has 0 radical (unpaired) electrons. The van der Waals surface area contributed by atoms with Gasteiger partial charge in [-0.05, 0) is 60.7 Å². The Morgan fingerprint density at radius 1 is 1.00 bits per heavy atom. The van der Waals surface area contributed by atoms with Crippen molar-refractivity contribution in [3.05, 3.63) is 99.1 Å². The van der Waals surface area contributed by atoms with Gasteiger partial charge >= 0.3 is 0 Å². The Balaban J connectivity index is 1.57. The molecule has 1 fully saturated rings. The van der Waals surface area contributed by atoms with Gasteiger partial charge in [0.15, 0.2) is 0 Å². The molecule has 182 valence electrons. The molecule has 0 unspecified atom stereocenters. The SMILES string of the molecule is O=C(NC(=Cc1cn(-c2ccccc2)nc1-c1cccs1)C(=O)N1CCCC1)c1ccc(Cl)cc1Cl. The minimum atomic E-state index is -0.483. The van der Waals surface area contributed by atoms with E-state index in [2.05, 4.69) is 5.32 Å². The van der Waals surface area contributed by atoms with Crippen LogP contribution in [0.3, 0.4) is 0 Å². The van der Waals surface area contributed by atoms with E-state index in [0.29, 0.717) is 23.7 Å². The van der Waals surface area contributed by atoms with Crippen molar-refractivity contribution >= 4 is 52.4 Å². The highest BCUT2D eigenvalue weighted by molar-refractivity contribution is 7.13. The Morgan fingerprint density at radius 2 is 1.78 bits per heavy atom. The van der Waals surface area contributed by atoms with Gasteiger partial charge in [0, 0.05) is 29.9 Å². The summed E-state index contributed by atoms with van der Waals surface area (Å²) in [5.74, 6) is -0.723. The highest BCUT2D eigenvalue weighted by Crippen LogP contribution is 2.30. The quantitative estimate of drug-likeness (QED) is 0.294. The van der Waals surface area contributed by atoms with Crippen molar-refractivity contribution in [3.8, 4) is 16.3 Å². The third-order valence-electron chi connectivity index (χ3n) is 5.87. The van der Waals surface area contributed by atoms with E-state index in [4.69, 9.17) is 28.3 Å². The molecule has 0 saturated carbocycles. The van der Waals surface area contributed by atoms with Crippen LogP contribution in [0.15, 0.2) is 77.9 Å². The van der Waals surface area contributed by atoms with Crippen molar-refractivity contribution in [2.24, 2.45) is 0 Å². The van der Waals surface area contributed by atoms with E-state index in [9.17, 15) is 9.59 Å². The number of carbonyl (C=O) groups is 2. The van der Waals surface area contributed by atoms with Crippen LogP contribution in [0, 0.1) is 0 Å². The summed E-state index contributed by atoms with van der Waals surface area (Å²) in [5.41, 5.74) is 2.73. The molecule has 6 nitrogen and oxygen atoms in total. The van der Waals surface area contributed by atoms with Gasteiger partial charge in [0.1, 0.15) is 11.4 Å². The first kappa shape index (κ1) is 24.3.